The first-order chi connectivity index (χ1) is 16.4. The third-order valence-electron chi connectivity index (χ3n) is 4.80. The van der Waals surface area contributed by atoms with Crippen LogP contribution in [0.3, 0.4) is 0 Å². The molecule has 178 valence electrons. The van der Waals surface area contributed by atoms with Gasteiger partial charge in [0.2, 0.25) is 0 Å². The fraction of sp³-hybridized carbons (Fsp3) is 0.240. The molecule has 0 bridgehead atoms. The molecule has 9 heteroatoms. The minimum Gasteiger partial charge on any atom is -0.490 e. The highest BCUT2D eigenvalue weighted by molar-refractivity contribution is 8.18. The lowest BCUT2D eigenvalue weighted by Gasteiger charge is -2.17. The molecule has 2 amide bonds. The smallest absolute Gasteiger partial charge is 0.325 e. The topological polar surface area (TPSA) is 82.1 Å². The number of halogens is 1. The summed E-state index contributed by atoms with van der Waals surface area (Å²) in [6.45, 7) is 5.97. The van der Waals surface area contributed by atoms with E-state index in [0.29, 0.717) is 41.7 Å². The van der Waals surface area contributed by atoms with E-state index in [9.17, 15) is 14.4 Å². The predicted octanol–water partition coefficient (Wildman–Crippen LogP) is 5.26. The summed E-state index contributed by atoms with van der Waals surface area (Å²) in [7, 11) is 1.20. The summed E-state index contributed by atoms with van der Waals surface area (Å²) < 4.78 is 16.5. The van der Waals surface area contributed by atoms with Crippen LogP contribution in [0.1, 0.15) is 23.6 Å². The van der Waals surface area contributed by atoms with Crippen LogP contribution in [0.4, 0.5) is 4.79 Å². The van der Waals surface area contributed by atoms with Gasteiger partial charge in [0, 0.05) is 10.6 Å². The molecule has 0 N–H and O–H groups in total. The molecule has 2 aromatic carbocycles. The van der Waals surface area contributed by atoms with Crippen molar-refractivity contribution in [3.05, 3.63) is 75.7 Å². The van der Waals surface area contributed by atoms with Crippen molar-refractivity contribution < 1.29 is 28.6 Å². The Morgan fingerprint density at radius 3 is 2.56 bits per heavy atom. The first kappa shape index (κ1) is 25.4. The van der Waals surface area contributed by atoms with E-state index < -0.39 is 23.7 Å². The fourth-order valence-electron chi connectivity index (χ4n) is 3.22. The van der Waals surface area contributed by atoms with Gasteiger partial charge in [0.1, 0.15) is 13.2 Å². The van der Waals surface area contributed by atoms with Crippen molar-refractivity contribution in [1.29, 1.82) is 0 Å². The Bertz CT molecular complexity index is 1130. The second-order valence-electron chi connectivity index (χ2n) is 7.19. The Morgan fingerprint density at radius 2 is 1.91 bits per heavy atom. The minimum atomic E-state index is -0.669. The van der Waals surface area contributed by atoms with Gasteiger partial charge < -0.3 is 14.2 Å². The summed E-state index contributed by atoms with van der Waals surface area (Å²) in [5, 5.41) is 0.118. The van der Waals surface area contributed by atoms with Gasteiger partial charge in [-0.3, -0.25) is 19.3 Å². The molecule has 1 fully saturated rings. The van der Waals surface area contributed by atoms with Crippen LogP contribution in [0.2, 0.25) is 5.02 Å². The first-order valence-electron chi connectivity index (χ1n) is 10.5. The molecule has 2 aromatic rings. The third kappa shape index (κ3) is 6.21. The summed E-state index contributed by atoms with van der Waals surface area (Å²) >= 11 is 6.73. The number of carbonyl (C=O) groups excluding carboxylic acids is 3. The predicted molar refractivity (Wildman–Crippen MR) is 132 cm³/mol. The highest BCUT2D eigenvalue weighted by atomic mass is 35.5. The molecule has 34 heavy (non-hydrogen) atoms. The number of amides is 2. The van der Waals surface area contributed by atoms with Gasteiger partial charge in [0.05, 0.1) is 18.6 Å². The average Bonchev–Trinajstić information content (AvgIpc) is 3.07. The lowest BCUT2D eigenvalue weighted by molar-refractivity contribution is -0.143. The number of allylic oxidation sites excluding steroid dienone is 1. The summed E-state index contributed by atoms with van der Waals surface area (Å²) in [4.78, 5) is 37.5. The molecule has 0 radical (unpaired) electrons. The number of esters is 1. The minimum absolute atomic E-state index is 0.204. The molecule has 0 aliphatic carbocycles. The summed E-state index contributed by atoms with van der Waals surface area (Å²) in [5.41, 5.74) is 2.41. The SMILES string of the molecule is C=CCc1cc(/C=C2\SC(=O)N(CC(=O)OC)C2=O)cc(OCC)c1OCc1ccc(Cl)cc1. The van der Waals surface area contributed by atoms with Crippen LogP contribution in [0, 0.1) is 0 Å². The van der Waals surface area contributed by atoms with E-state index in [-0.39, 0.29) is 4.91 Å². The van der Waals surface area contributed by atoms with E-state index in [2.05, 4.69) is 11.3 Å². The van der Waals surface area contributed by atoms with Crippen LogP contribution in [0.15, 0.2) is 54.0 Å². The maximum Gasteiger partial charge on any atom is 0.325 e. The number of hydrogen-bond acceptors (Lipinski definition) is 7. The zero-order valence-corrected chi connectivity index (χ0v) is 20.4. The monoisotopic (exact) mass is 501 g/mol. The van der Waals surface area contributed by atoms with Gasteiger partial charge in [-0.05, 0) is 66.6 Å². The average molecular weight is 502 g/mol. The van der Waals surface area contributed by atoms with Crippen LogP contribution in [0.5, 0.6) is 11.5 Å². The van der Waals surface area contributed by atoms with Crippen molar-refractivity contribution in [2.45, 2.75) is 20.0 Å². The van der Waals surface area contributed by atoms with Crippen molar-refractivity contribution in [2.24, 2.45) is 0 Å². The van der Waals surface area contributed by atoms with E-state index in [1.807, 2.05) is 25.1 Å². The van der Waals surface area contributed by atoms with Crippen molar-refractivity contribution in [3.8, 4) is 11.5 Å². The molecule has 0 unspecified atom stereocenters. The van der Waals surface area contributed by atoms with E-state index in [0.717, 1.165) is 27.8 Å². The Labute approximate surface area is 207 Å². The van der Waals surface area contributed by atoms with Crippen molar-refractivity contribution >= 4 is 46.6 Å². The van der Waals surface area contributed by atoms with Crippen molar-refractivity contribution in [2.75, 3.05) is 20.3 Å². The number of imide groups is 1. The number of ether oxygens (including phenoxy) is 3. The number of hydrogen-bond donors (Lipinski definition) is 0. The number of methoxy groups -OCH3 is 1. The van der Waals surface area contributed by atoms with Gasteiger partial charge in [0.15, 0.2) is 11.5 Å². The number of carbonyl (C=O) groups is 3. The maximum absolute atomic E-state index is 12.7. The van der Waals surface area contributed by atoms with Gasteiger partial charge in [-0.1, -0.05) is 29.8 Å². The van der Waals surface area contributed by atoms with Gasteiger partial charge in [0.25, 0.3) is 11.1 Å². The first-order valence-corrected chi connectivity index (χ1v) is 11.7. The zero-order valence-electron chi connectivity index (χ0n) is 18.8. The molecule has 1 aliphatic rings. The fourth-order valence-corrected chi connectivity index (χ4v) is 4.18. The van der Waals surface area contributed by atoms with Gasteiger partial charge >= 0.3 is 5.97 Å². The molecule has 1 heterocycles. The molecule has 3 rings (SSSR count). The van der Waals surface area contributed by atoms with Crippen molar-refractivity contribution in [1.82, 2.24) is 4.90 Å². The Kier molecular flexibility index (Phi) is 8.79. The van der Waals surface area contributed by atoms with E-state index >= 15 is 0 Å². The summed E-state index contributed by atoms with van der Waals surface area (Å²) in [6, 6.07) is 11.0. The van der Waals surface area contributed by atoms with Crippen LogP contribution in [-0.4, -0.2) is 42.3 Å². The third-order valence-corrected chi connectivity index (χ3v) is 5.96. The summed E-state index contributed by atoms with van der Waals surface area (Å²) in [6.07, 6.45) is 3.84. The lowest BCUT2D eigenvalue weighted by Crippen LogP contribution is -2.34. The number of rotatable bonds is 10. The van der Waals surface area contributed by atoms with E-state index in [4.69, 9.17) is 21.1 Å². The van der Waals surface area contributed by atoms with Gasteiger partial charge in [-0.2, -0.15) is 0 Å². The van der Waals surface area contributed by atoms with Crippen LogP contribution < -0.4 is 9.47 Å². The van der Waals surface area contributed by atoms with Crippen molar-refractivity contribution in [3.63, 3.8) is 0 Å². The Hall–Kier alpha value is -3.23. The molecular formula is C25H24ClNO6S. The molecule has 1 saturated heterocycles. The standard InChI is InChI=1S/C25H24ClNO6S/c1-4-6-18-11-17(13-21-24(29)27(25(30)34-21)14-22(28)31-3)12-20(32-5-2)23(18)33-15-16-7-9-19(26)10-8-16/h4,7-13H,1,5-6,14-15H2,2-3H3/b21-13-. The highest BCUT2D eigenvalue weighted by Crippen LogP contribution is 2.37. The van der Waals surface area contributed by atoms with Gasteiger partial charge in [-0.25, -0.2) is 0 Å². The quantitative estimate of drug-likeness (QED) is 0.249. The molecule has 7 nitrogen and oxygen atoms in total. The number of nitrogens with zero attached hydrogens (tertiary/aromatic N) is 1. The summed E-state index contributed by atoms with van der Waals surface area (Å²) in [5.74, 6) is -0.132. The van der Waals surface area contributed by atoms with Crippen LogP contribution >= 0.6 is 23.4 Å². The number of thioether (sulfide) groups is 1. The second-order valence-corrected chi connectivity index (χ2v) is 8.62. The van der Waals surface area contributed by atoms with Crippen LogP contribution in [-0.2, 0) is 27.4 Å². The number of benzene rings is 2. The molecule has 0 atom stereocenters. The molecule has 0 spiro atoms. The molecule has 1 aliphatic heterocycles. The zero-order chi connectivity index (χ0) is 24.7. The largest absolute Gasteiger partial charge is 0.490 e. The Morgan fingerprint density at radius 1 is 1.18 bits per heavy atom. The van der Waals surface area contributed by atoms with Gasteiger partial charge in [-0.15, -0.1) is 6.58 Å². The maximum atomic E-state index is 12.7. The highest BCUT2D eigenvalue weighted by Gasteiger charge is 2.36. The lowest BCUT2D eigenvalue weighted by atomic mass is 10.0. The van der Waals surface area contributed by atoms with E-state index in [1.54, 1.807) is 30.4 Å². The Balaban J connectivity index is 1.92. The van der Waals surface area contributed by atoms with Crippen LogP contribution in [0.25, 0.3) is 6.08 Å². The molecule has 0 saturated carbocycles. The second kappa shape index (κ2) is 11.8. The van der Waals surface area contributed by atoms with E-state index in [1.165, 1.54) is 7.11 Å². The molecule has 0 aromatic heterocycles. The normalized spacial score (nSPS) is 14.4. The molecular weight excluding hydrogens is 478 g/mol.